The molecular weight excluding hydrogens is 406 g/mol. The first kappa shape index (κ1) is 23.4. The van der Waals surface area contributed by atoms with E-state index in [0.29, 0.717) is 25.9 Å². The Morgan fingerprint density at radius 3 is 2.34 bits per heavy atom. The van der Waals surface area contributed by atoms with Gasteiger partial charge < -0.3 is 25.0 Å². The number of rotatable bonds is 8. The van der Waals surface area contributed by atoms with E-state index in [2.05, 4.69) is 11.0 Å². The van der Waals surface area contributed by atoms with E-state index in [0.717, 1.165) is 30.1 Å². The van der Waals surface area contributed by atoms with Crippen LogP contribution in [-0.2, 0) is 16.0 Å². The molecule has 2 aromatic rings. The zero-order valence-electron chi connectivity index (χ0n) is 19.1. The number of methoxy groups -OCH3 is 1. The van der Waals surface area contributed by atoms with Gasteiger partial charge in [0.15, 0.2) is 0 Å². The quantitative estimate of drug-likeness (QED) is 0.681. The molecule has 7 nitrogen and oxygen atoms in total. The molecule has 0 radical (unpaired) electrons. The summed E-state index contributed by atoms with van der Waals surface area (Å²) < 4.78 is 10.6. The number of hydrogen-bond acceptors (Lipinski definition) is 5. The summed E-state index contributed by atoms with van der Waals surface area (Å²) in [5, 5.41) is 0. The Balaban J connectivity index is 1.69. The summed E-state index contributed by atoms with van der Waals surface area (Å²) in [4.78, 5) is 29.0. The van der Waals surface area contributed by atoms with Crippen LogP contribution in [0.25, 0.3) is 0 Å². The highest BCUT2D eigenvalue weighted by Crippen LogP contribution is 2.27. The Kier molecular flexibility index (Phi) is 7.62. The van der Waals surface area contributed by atoms with Gasteiger partial charge in [-0.25, -0.2) is 4.79 Å². The molecule has 1 aliphatic rings. The lowest BCUT2D eigenvalue weighted by Gasteiger charge is -2.38. The van der Waals surface area contributed by atoms with Crippen LogP contribution < -0.4 is 15.4 Å². The van der Waals surface area contributed by atoms with E-state index >= 15 is 0 Å². The number of nitrogens with zero attached hydrogens (tertiary/aromatic N) is 2. The molecule has 172 valence electrons. The number of benzene rings is 2. The molecule has 0 spiro atoms. The normalized spacial score (nSPS) is 15.2. The molecular formula is C25H33N3O4. The van der Waals surface area contributed by atoms with E-state index in [4.69, 9.17) is 15.2 Å². The van der Waals surface area contributed by atoms with Gasteiger partial charge in [0.2, 0.25) is 5.91 Å². The number of carbonyl (C=O) groups excluding carboxylic acids is 2. The average molecular weight is 440 g/mol. The number of nitrogens with two attached hydrogens (primary N) is 1. The van der Waals surface area contributed by atoms with Crippen molar-refractivity contribution in [2.45, 2.75) is 32.3 Å². The Morgan fingerprint density at radius 2 is 1.72 bits per heavy atom. The van der Waals surface area contributed by atoms with E-state index < -0.39 is 11.7 Å². The molecule has 3 rings (SSSR count). The van der Waals surface area contributed by atoms with Crippen molar-refractivity contribution in [1.29, 1.82) is 0 Å². The molecule has 2 amide bonds. The van der Waals surface area contributed by atoms with Crippen LogP contribution in [0, 0.1) is 5.92 Å². The molecule has 2 aromatic carbocycles. The predicted octanol–water partition coefficient (Wildman–Crippen LogP) is 3.47. The Bertz CT molecular complexity index is 908. The molecule has 7 heteroatoms. The lowest BCUT2D eigenvalue weighted by molar-refractivity contribution is -0.137. The second-order valence-corrected chi connectivity index (χ2v) is 8.79. The van der Waals surface area contributed by atoms with Crippen LogP contribution in [0.4, 0.5) is 10.5 Å². The SMILES string of the molecule is COc1cccc(N2CCN(C(=O)[C@H](Cc3ccccc3)CC(C)(C)OC(N)=O)CC2)c1. The predicted molar refractivity (Wildman–Crippen MR) is 125 cm³/mol. The van der Waals surface area contributed by atoms with Crippen LogP contribution in [0.2, 0.25) is 0 Å². The van der Waals surface area contributed by atoms with Crippen molar-refractivity contribution in [2.75, 3.05) is 38.2 Å². The first-order valence-electron chi connectivity index (χ1n) is 11.0. The number of primary amides is 1. The van der Waals surface area contributed by atoms with Crippen molar-refractivity contribution in [3.8, 4) is 5.75 Å². The first-order chi connectivity index (χ1) is 15.3. The fourth-order valence-corrected chi connectivity index (χ4v) is 4.30. The van der Waals surface area contributed by atoms with Gasteiger partial charge in [-0.1, -0.05) is 36.4 Å². The molecule has 1 saturated heterocycles. The zero-order valence-corrected chi connectivity index (χ0v) is 19.1. The van der Waals surface area contributed by atoms with Crippen LogP contribution in [0.1, 0.15) is 25.8 Å². The summed E-state index contributed by atoms with van der Waals surface area (Å²) in [5.74, 6) is 0.594. The van der Waals surface area contributed by atoms with Gasteiger partial charge in [0.05, 0.1) is 7.11 Å². The lowest BCUT2D eigenvalue weighted by Crippen LogP contribution is -2.51. The second kappa shape index (κ2) is 10.4. The molecule has 0 aromatic heterocycles. The van der Waals surface area contributed by atoms with Crippen LogP contribution in [-0.4, -0.2) is 55.8 Å². The summed E-state index contributed by atoms with van der Waals surface area (Å²) in [7, 11) is 1.66. The summed E-state index contributed by atoms with van der Waals surface area (Å²) in [5.41, 5.74) is 6.59. The minimum absolute atomic E-state index is 0.0836. The maximum atomic E-state index is 13.5. The van der Waals surface area contributed by atoms with Gasteiger partial charge in [-0.05, 0) is 44.4 Å². The summed E-state index contributed by atoms with van der Waals surface area (Å²) in [6.07, 6.45) is 0.161. The molecule has 0 saturated carbocycles. The number of anilines is 1. The summed E-state index contributed by atoms with van der Waals surface area (Å²) >= 11 is 0. The molecule has 0 bridgehead atoms. The standard InChI is InChI=1S/C25H33N3O4/c1-25(2,32-24(26)30)18-20(16-19-8-5-4-6-9-19)23(29)28-14-12-27(13-15-28)21-10-7-11-22(17-21)31-3/h4-11,17,20H,12-16,18H2,1-3H3,(H2,26,30)/t20-/m1/s1. The zero-order chi connectivity index (χ0) is 23.1. The molecule has 0 unspecified atom stereocenters. The number of piperazine rings is 1. The molecule has 1 heterocycles. The monoisotopic (exact) mass is 439 g/mol. The molecule has 1 fully saturated rings. The van der Waals surface area contributed by atoms with Gasteiger partial charge in [-0.2, -0.15) is 0 Å². The fourth-order valence-electron chi connectivity index (χ4n) is 4.30. The fraction of sp³-hybridized carbons (Fsp3) is 0.440. The Labute approximate surface area is 190 Å². The van der Waals surface area contributed by atoms with Crippen LogP contribution in [0.3, 0.4) is 0 Å². The third-order valence-electron chi connectivity index (χ3n) is 5.80. The maximum absolute atomic E-state index is 13.5. The van der Waals surface area contributed by atoms with Crippen molar-refractivity contribution in [3.63, 3.8) is 0 Å². The van der Waals surface area contributed by atoms with E-state index in [1.807, 2.05) is 53.4 Å². The third kappa shape index (κ3) is 6.39. The van der Waals surface area contributed by atoms with Crippen molar-refractivity contribution >= 4 is 17.7 Å². The average Bonchev–Trinajstić information content (AvgIpc) is 2.78. The molecule has 2 N–H and O–H groups in total. The highest BCUT2D eigenvalue weighted by Gasteiger charge is 2.34. The molecule has 0 aliphatic carbocycles. The largest absolute Gasteiger partial charge is 0.497 e. The lowest BCUT2D eigenvalue weighted by atomic mass is 9.87. The van der Waals surface area contributed by atoms with E-state index in [9.17, 15) is 9.59 Å². The van der Waals surface area contributed by atoms with Gasteiger partial charge in [0.25, 0.3) is 0 Å². The molecule has 1 atom stereocenters. The maximum Gasteiger partial charge on any atom is 0.405 e. The first-order valence-corrected chi connectivity index (χ1v) is 11.0. The van der Waals surface area contributed by atoms with Gasteiger partial charge in [-0.15, -0.1) is 0 Å². The van der Waals surface area contributed by atoms with Gasteiger partial charge in [0.1, 0.15) is 11.4 Å². The van der Waals surface area contributed by atoms with Gasteiger partial charge >= 0.3 is 6.09 Å². The van der Waals surface area contributed by atoms with Crippen LogP contribution in [0.15, 0.2) is 54.6 Å². The van der Waals surface area contributed by atoms with Crippen molar-refractivity contribution in [1.82, 2.24) is 4.90 Å². The molecule has 1 aliphatic heterocycles. The smallest absolute Gasteiger partial charge is 0.405 e. The van der Waals surface area contributed by atoms with Crippen molar-refractivity contribution in [3.05, 3.63) is 60.2 Å². The van der Waals surface area contributed by atoms with Gasteiger partial charge in [-0.3, -0.25) is 4.79 Å². The number of amides is 2. The highest BCUT2D eigenvalue weighted by molar-refractivity contribution is 5.79. The van der Waals surface area contributed by atoms with E-state index in [-0.39, 0.29) is 11.8 Å². The van der Waals surface area contributed by atoms with E-state index in [1.165, 1.54) is 0 Å². The van der Waals surface area contributed by atoms with Crippen molar-refractivity contribution < 1.29 is 19.1 Å². The number of hydrogen-bond donors (Lipinski definition) is 1. The highest BCUT2D eigenvalue weighted by atomic mass is 16.6. The summed E-state index contributed by atoms with van der Waals surface area (Å²) in [6, 6.07) is 17.9. The Morgan fingerprint density at radius 1 is 1.03 bits per heavy atom. The van der Waals surface area contributed by atoms with Crippen LogP contribution in [0.5, 0.6) is 5.75 Å². The number of carbonyl (C=O) groups is 2. The minimum Gasteiger partial charge on any atom is -0.497 e. The van der Waals surface area contributed by atoms with Gasteiger partial charge in [0, 0.05) is 43.9 Å². The van der Waals surface area contributed by atoms with E-state index in [1.54, 1.807) is 21.0 Å². The minimum atomic E-state index is -0.830. The number of ether oxygens (including phenoxy) is 2. The van der Waals surface area contributed by atoms with Crippen LogP contribution >= 0.6 is 0 Å². The van der Waals surface area contributed by atoms with Crippen molar-refractivity contribution in [2.24, 2.45) is 11.7 Å². The summed E-state index contributed by atoms with van der Waals surface area (Å²) in [6.45, 7) is 6.36. The molecule has 32 heavy (non-hydrogen) atoms. The second-order valence-electron chi connectivity index (χ2n) is 8.79. The topological polar surface area (TPSA) is 85.1 Å². The third-order valence-corrected chi connectivity index (χ3v) is 5.80. The Hall–Kier alpha value is -3.22.